The Balaban J connectivity index is 0.00000256. The molecular formula is C12H26ClN3O. The third-order valence-electron chi connectivity index (χ3n) is 3.37. The van der Waals surface area contributed by atoms with E-state index in [2.05, 4.69) is 43.2 Å². The van der Waals surface area contributed by atoms with Crippen molar-refractivity contribution in [1.29, 1.82) is 0 Å². The summed E-state index contributed by atoms with van der Waals surface area (Å²) in [5.41, 5.74) is 0. The third kappa shape index (κ3) is 5.70. The molecule has 1 saturated heterocycles. The van der Waals surface area contributed by atoms with Gasteiger partial charge in [0.25, 0.3) is 0 Å². The molecule has 0 radical (unpaired) electrons. The Hall–Kier alpha value is -0.320. The molecule has 0 aliphatic carbocycles. The molecule has 102 valence electrons. The van der Waals surface area contributed by atoms with Crippen LogP contribution >= 0.6 is 12.4 Å². The van der Waals surface area contributed by atoms with Gasteiger partial charge in [-0.15, -0.1) is 12.4 Å². The average molecular weight is 264 g/mol. The van der Waals surface area contributed by atoms with E-state index in [-0.39, 0.29) is 24.4 Å². The summed E-state index contributed by atoms with van der Waals surface area (Å²) < 4.78 is 0. The number of nitrogens with one attached hydrogen (secondary N) is 2. The van der Waals surface area contributed by atoms with Crippen molar-refractivity contribution in [3.05, 3.63) is 0 Å². The Bertz CT molecular complexity index is 236. The van der Waals surface area contributed by atoms with E-state index in [4.69, 9.17) is 0 Å². The lowest BCUT2D eigenvalue weighted by Crippen LogP contribution is -2.53. The molecule has 1 aliphatic rings. The SMILES string of the molecule is CC(C)C(C)NC(=O)CN1CCNC[C@H]1C.Cl. The number of amides is 1. The minimum atomic E-state index is 0. The van der Waals surface area contributed by atoms with Crippen LogP contribution in [0.25, 0.3) is 0 Å². The minimum Gasteiger partial charge on any atom is -0.352 e. The van der Waals surface area contributed by atoms with Crippen molar-refractivity contribution in [3.63, 3.8) is 0 Å². The first-order valence-electron chi connectivity index (χ1n) is 6.25. The molecule has 0 spiro atoms. The first-order valence-corrected chi connectivity index (χ1v) is 6.25. The van der Waals surface area contributed by atoms with Crippen LogP contribution in [-0.2, 0) is 4.79 Å². The molecule has 17 heavy (non-hydrogen) atoms. The van der Waals surface area contributed by atoms with E-state index in [1.165, 1.54) is 0 Å². The molecule has 2 atom stereocenters. The van der Waals surface area contributed by atoms with E-state index in [9.17, 15) is 4.79 Å². The monoisotopic (exact) mass is 263 g/mol. The van der Waals surface area contributed by atoms with Gasteiger partial charge in [-0.3, -0.25) is 9.69 Å². The maximum atomic E-state index is 11.8. The van der Waals surface area contributed by atoms with Crippen LogP contribution in [0.2, 0.25) is 0 Å². The van der Waals surface area contributed by atoms with Crippen LogP contribution < -0.4 is 10.6 Å². The standard InChI is InChI=1S/C12H25N3O.ClH/c1-9(2)11(4)14-12(16)8-15-6-5-13-7-10(15)3;/h9-11,13H,5-8H2,1-4H3,(H,14,16);1H/t10-,11?;/m1./s1. The maximum Gasteiger partial charge on any atom is 0.234 e. The highest BCUT2D eigenvalue weighted by Gasteiger charge is 2.21. The van der Waals surface area contributed by atoms with E-state index in [1.54, 1.807) is 0 Å². The summed E-state index contributed by atoms with van der Waals surface area (Å²) in [7, 11) is 0. The molecule has 0 aromatic heterocycles. The maximum absolute atomic E-state index is 11.8. The summed E-state index contributed by atoms with van der Waals surface area (Å²) in [6.07, 6.45) is 0. The van der Waals surface area contributed by atoms with Crippen LogP contribution in [0.1, 0.15) is 27.7 Å². The lowest BCUT2D eigenvalue weighted by Gasteiger charge is -2.33. The van der Waals surface area contributed by atoms with Crippen molar-refractivity contribution in [3.8, 4) is 0 Å². The van der Waals surface area contributed by atoms with Crippen LogP contribution in [0.15, 0.2) is 0 Å². The molecule has 1 rings (SSSR count). The predicted octanol–water partition coefficient (Wildman–Crippen LogP) is 0.863. The lowest BCUT2D eigenvalue weighted by molar-refractivity contribution is -0.123. The van der Waals surface area contributed by atoms with Gasteiger partial charge in [0, 0.05) is 31.7 Å². The fraction of sp³-hybridized carbons (Fsp3) is 0.917. The molecule has 5 heteroatoms. The topological polar surface area (TPSA) is 44.4 Å². The minimum absolute atomic E-state index is 0. The molecule has 2 N–H and O–H groups in total. The highest BCUT2D eigenvalue weighted by molar-refractivity contribution is 5.85. The normalized spacial score (nSPS) is 23.0. The number of rotatable bonds is 4. The van der Waals surface area contributed by atoms with Gasteiger partial charge in [-0.05, 0) is 19.8 Å². The van der Waals surface area contributed by atoms with Crippen LogP contribution in [-0.4, -0.2) is 49.1 Å². The van der Waals surface area contributed by atoms with E-state index in [0.29, 0.717) is 18.5 Å². The third-order valence-corrected chi connectivity index (χ3v) is 3.37. The largest absolute Gasteiger partial charge is 0.352 e. The van der Waals surface area contributed by atoms with Gasteiger partial charge in [0.1, 0.15) is 0 Å². The second-order valence-corrected chi connectivity index (χ2v) is 5.12. The summed E-state index contributed by atoms with van der Waals surface area (Å²) in [4.78, 5) is 14.0. The zero-order chi connectivity index (χ0) is 12.1. The van der Waals surface area contributed by atoms with Crippen molar-refractivity contribution in [2.24, 2.45) is 5.92 Å². The Labute approximate surface area is 111 Å². The van der Waals surface area contributed by atoms with Gasteiger partial charge in [-0.2, -0.15) is 0 Å². The molecule has 0 aromatic rings. The lowest BCUT2D eigenvalue weighted by atomic mass is 10.1. The van der Waals surface area contributed by atoms with Crippen LogP contribution in [0.3, 0.4) is 0 Å². The Morgan fingerprint density at radius 3 is 2.65 bits per heavy atom. The van der Waals surface area contributed by atoms with E-state index in [0.717, 1.165) is 19.6 Å². The molecule has 1 fully saturated rings. The molecular weight excluding hydrogens is 238 g/mol. The molecule has 0 aromatic carbocycles. The van der Waals surface area contributed by atoms with Crippen LogP contribution in [0, 0.1) is 5.92 Å². The zero-order valence-corrected chi connectivity index (χ0v) is 12.1. The van der Waals surface area contributed by atoms with Gasteiger partial charge in [0.05, 0.1) is 6.54 Å². The predicted molar refractivity (Wildman–Crippen MR) is 73.6 cm³/mol. The van der Waals surface area contributed by atoms with E-state index in [1.807, 2.05) is 0 Å². The first-order chi connectivity index (χ1) is 7.50. The van der Waals surface area contributed by atoms with Crippen molar-refractivity contribution in [2.45, 2.75) is 39.8 Å². The summed E-state index contributed by atoms with van der Waals surface area (Å²) in [5.74, 6) is 0.638. The van der Waals surface area contributed by atoms with Gasteiger partial charge in [0.15, 0.2) is 0 Å². The second kappa shape index (κ2) is 7.90. The van der Waals surface area contributed by atoms with Crippen LogP contribution in [0.4, 0.5) is 0 Å². The average Bonchev–Trinajstić information content (AvgIpc) is 2.21. The van der Waals surface area contributed by atoms with Crippen molar-refractivity contribution in [1.82, 2.24) is 15.5 Å². The molecule has 1 amide bonds. The highest BCUT2D eigenvalue weighted by Crippen LogP contribution is 2.03. The molecule has 1 aliphatic heterocycles. The summed E-state index contributed by atoms with van der Waals surface area (Å²) in [5, 5.41) is 6.37. The molecule has 1 heterocycles. The molecule has 1 unspecified atom stereocenters. The smallest absolute Gasteiger partial charge is 0.234 e. The van der Waals surface area contributed by atoms with Crippen molar-refractivity contribution < 1.29 is 4.79 Å². The number of nitrogens with zero attached hydrogens (tertiary/aromatic N) is 1. The quantitative estimate of drug-likeness (QED) is 0.791. The Morgan fingerprint density at radius 1 is 1.47 bits per heavy atom. The number of hydrogen-bond donors (Lipinski definition) is 2. The van der Waals surface area contributed by atoms with E-state index < -0.39 is 0 Å². The van der Waals surface area contributed by atoms with E-state index >= 15 is 0 Å². The summed E-state index contributed by atoms with van der Waals surface area (Å²) in [6.45, 7) is 11.9. The summed E-state index contributed by atoms with van der Waals surface area (Å²) >= 11 is 0. The fourth-order valence-electron chi connectivity index (χ4n) is 1.77. The van der Waals surface area contributed by atoms with Gasteiger partial charge in [0.2, 0.25) is 5.91 Å². The number of halogens is 1. The van der Waals surface area contributed by atoms with Gasteiger partial charge < -0.3 is 10.6 Å². The molecule has 4 nitrogen and oxygen atoms in total. The number of carbonyl (C=O) groups is 1. The van der Waals surface area contributed by atoms with Crippen molar-refractivity contribution >= 4 is 18.3 Å². The van der Waals surface area contributed by atoms with Crippen LogP contribution in [0.5, 0.6) is 0 Å². The highest BCUT2D eigenvalue weighted by atomic mass is 35.5. The van der Waals surface area contributed by atoms with Gasteiger partial charge in [-0.25, -0.2) is 0 Å². The Morgan fingerprint density at radius 2 is 2.12 bits per heavy atom. The number of hydrogen-bond acceptors (Lipinski definition) is 3. The van der Waals surface area contributed by atoms with Gasteiger partial charge >= 0.3 is 0 Å². The zero-order valence-electron chi connectivity index (χ0n) is 11.3. The molecule has 0 saturated carbocycles. The number of carbonyl (C=O) groups excluding carboxylic acids is 1. The Kier molecular flexibility index (Phi) is 7.75. The molecule has 0 bridgehead atoms. The number of piperazine rings is 1. The fourth-order valence-corrected chi connectivity index (χ4v) is 1.77. The summed E-state index contributed by atoms with van der Waals surface area (Å²) in [6, 6.07) is 0.708. The first kappa shape index (κ1) is 16.7. The van der Waals surface area contributed by atoms with Gasteiger partial charge in [-0.1, -0.05) is 13.8 Å². The second-order valence-electron chi connectivity index (χ2n) is 5.12. The van der Waals surface area contributed by atoms with Crippen molar-refractivity contribution in [2.75, 3.05) is 26.2 Å².